The lowest BCUT2D eigenvalue weighted by Crippen LogP contribution is -2.64. The molecule has 4 heterocycles. The van der Waals surface area contributed by atoms with Crippen molar-refractivity contribution in [3.8, 4) is 0 Å². The Balaban J connectivity index is 1.85. The molecular weight excluding hydrogens is 226 g/mol. The average molecular weight is 244 g/mol. The van der Waals surface area contributed by atoms with Crippen LogP contribution in [-0.2, 0) is 0 Å². The van der Waals surface area contributed by atoms with Crippen LogP contribution in [0.25, 0.3) is 0 Å². The summed E-state index contributed by atoms with van der Waals surface area (Å²) < 4.78 is 2.34. The molecule has 0 saturated carbocycles. The number of aliphatic imine (C=N–C) groups is 1. The summed E-state index contributed by atoms with van der Waals surface area (Å²) in [5, 5.41) is 0. The van der Waals surface area contributed by atoms with Gasteiger partial charge in [-0.2, -0.15) is 4.90 Å². The van der Waals surface area contributed by atoms with Crippen LogP contribution in [0.1, 0.15) is 6.92 Å². The lowest BCUT2D eigenvalue weighted by Gasteiger charge is -2.41. The Morgan fingerprint density at radius 3 is 3.17 bits per heavy atom. The van der Waals surface area contributed by atoms with Crippen LogP contribution >= 0.6 is 0 Å². The molecule has 94 valence electrons. The summed E-state index contributed by atoms with van der Waals surface area (Å²) in [6, 6.07) is 0. The van der Waals surface area contributed by atoms with Gasteiger partial charge in [0.2, 0.25) is 0 Å². The topological polar surface area (TPSA) is 25.1 Å². The van der Waals surface area contributed by atoms with Gasteiger partial charge in [0.15, 0.2) is 6.17 Å². The van der Waals surface area contributed by atoms with E-state index in [0.717, 1.165) is 32.1 Å². The second kappa shape index (κ2) is 3.37. The van der Waals surface area contributed by atoms with Gasteiger partial charge in [0.05, 0.1) is 33.2 Å². The molecule has 0 aromatic rings. The van der Waals surface area contributed by atoms with Crippen molar-refractivity contribution in [2.75, 3.05) is 33.2 Å². The Morgan fingerprint density at radius 2 is 2.28 bits per heavy atom. The van der Waals surface area contributed by atoms with Gasteiger partial charge in [0.25, 0.3) is 5.96 Å². The highest BCUT2D eigenvalue weighted by Gasteiger charge is 2.50. The van der Waals surface area contributed by atoms with E-state index in [2.05, 4.69) is 56.6 Å². The minimum absolute atomic E-state index is 0.307. The van der Waals surface area contributed by atoms with Crippen molar-refractivity contribution in [1.29, 1.82) is 0 Å². The molecule has 1 saturated heterocycles. The zero-order valence-electron chi connectivity index (χ0n) is 10.9. The quantitative estimate of drug-likeness (QED) is 0.565. The summed E-state index contributed by atoms with van der Waals surface area (Å²) in [7, 11) is 2.18. The van der Waals surface area contributed by atoms with Crippen LogP contribution in [0.15, 0.2) is 28.9 Å². The second-order valence-electron chi connectivity index (χ2n) is 5.30. The molecule has 0 amide bonds. The first-order valence-electron chi connectivity index (χ1n) is 6.57. The van der Waals surface area contributed by atoms with Crippen LogP contribution in [0.2, 0.25) is 0 Å². The zero-order valence-corrected chi connectivity index (χ0v) is 10.9. The molecule has 0 unspecified atom stereocenters. The summed E-state index contributed by atoms with van der Waals surface area (Å²) in [6.07, 6.45) is 7.02. The predicted molar refractivity (Wildman–Crippen MR) is 70.3 cm³/mol. The number of hydrogen-bond acceptors (Lipinski definition) is 4. The summed E-state index contributed by atoms with van der Waals surface area (Å²) in [5.41, 5.74) is 1.29. The first-order chi connectivity index (χ1) is 8.75. The van der Waals surface area contributed by atoms with Gasteiger partial charge in [0.1, 0.15) is 0 Å². The van der Waals surface area contributed by atoms with Crippen LogP contribution in [-0.4, -0.2) is 70.6 Å². The van der Waals surface area contributed by atoms with Crippen LogP contribution in [0.5, 0.6) is 0 Å². The maximum Gasteiger partial charge on any atom is 0.360 e. The van der Waals surface area contributed by atoms with Crippen LogP contribution in [0.4, 0.5) is 0 Å². The van der Waals surface area contributed by atoms with Crippen LogP contribution in [0, 0.1) is 0 Å². The van der Waals surface area contributed by atoms with Crippen molar-refractivity contribution >= 4 is 11.9 Å². The molecule has 5 nitrogen and oxygen atoms in total. The Morgan fingerprint density at radius 1 is 1.39 bits per heavy atom. The van der Waals surface area contributed by atoms with Gasteiger partial charge in [-0.3, -0.25) is 9.48 Å². The van der Waals surface area contributed by atoms with E-state index in [-0.39, 0.29) is 0 Å². The fourth-order valence-electron chi connectivity index (χ4n) is 3.23. The van der Waals surface area contributed by atoms with Crippen molar-refractivity contribution in [1.82, 2.24) is 14.7 Å². The molecule has 1 fully saturated rings. The third-order valence-corrected chi connectivity index (χ3v) is 4.04. The summed E-state index contributed by atoms with van der Waals surface area (Å²) in [4.78, 5) is 11.8. The Labute approximate surface area is 107 Å². The highest BCUT2D eigenvalue weighted by Crippen LogP contribution is 2.28. The lowest BCUT2D eigenvalue weighted by molar-refractivity contribution is -0.491. The smallest absolute Gasteiger partial charge is 0.268 e. The van der Waals surface area contributed by atoms with Gasteiger partial charge < -0.3 is 0 Å². The number of hydrogen-bond donors (Lipinski definition) is 0. The zero-order chi connectivity index (χ0) is 12.3. The van der Waals surface area contributed by atoms with E-state index in [1.807, 2.05) is 0 Å². The standard InChI is InChI=1S/C13H18N5/c1-10-3-4-11-16-8-7-15(2)13(16)17-6-5-14-12(17)18(11)9-10/h3-4,9,11H,5-8H2,1-2H3/q+1/t11-/m0/s1. The molecule has 0 aromatic heterocycles. The number of fused-ring (bicyclic) bond motifs is 6. The van der Waals surface area contributed by atoms with E-state index < -0.39 is 0 Å². The van der Waals surface area contributed by atoms with Gasteiger partial charge in [0, 0.05) is 6.20 Å². The lowest BCUT2D eigenvalue weighted by atomic mass is 10.1. The van der Waals surface area contributed by atoms with E-state index in [1.54, 1.807) is 0 Å². The molecule has 0 radical (unpaired) electrons. The summed E-state index contributed by atoms with van der Waals surface area (Å²) >= 11 is 0. The van der Waals surface area contributed by atoms with Crippen molar-refractivity contribution in [2.45, 2.75) is 13.1 Å². The minimum atomic E-state index is 0.307. The van der Waals surface area contributed by atoms with E-state index in [1.165, 1.54) is 11.5 Å². The maximum absolute atomic E-state index is 4.69. The Hall–Kier alpha value is -1.78. The monoisotopic (exact) mass is 244 g/mol. The van der Waals surface area contributed by atoms with Crippen molar-refractivity contribution < 1.29 is 4.58 Å². The molecule has 0 aliphatic carbocycles. The van der Waals surface area contributed by atoms with E-state index >= 15 is 0 Å². The first kappa shape index (κ1) is 10.2. The van der Waals surface area contributed by atoms with Gasteiger partial charge in [-0.1, -0.05) is 6.08 Å². The van der Waals surface area contributed by atoms with E-state index in [4.69, 9.17) is 0 Å². The number of guanidine groups is 2. The van der Waals surface area contributed by atoms with Gasteiger partial charge in [-0.05, 0) is 18.6 Å². The largest absolute Gasteiger partial charge is 0.360 e. The molecule has 0 bridgehead atoms. The molecule has 5 heteroatoms. The van der Waals surface area contributed by atoms with Crippen molar-refractivity contribution in [2.24, 2.45) is 4.99 Å². The molecule has 4 aliphatic rings. The third kappa shape index (κ3) is 1.16. The SMILES string of the molecule is CC1=CN2C3=NCCN3C3=[N+](C)CCN3[C@@H]2C=C1. The average Bonchev–Trinajstić information content (AvgIpc) is 2.95. The molecule has 0 aromatic carbocycles. The van der Waals surface area contributed by atoms with Crippen LogP contribution < -0.4 is 0 Å². The molecular formula is C13H18N5+. The van der Waals surface area contributed by atoms with Gasteiger partial charge in [-0.25, -0.2) is 9.89 Å². The maximum atomic E-state index is 4.69. The first-order valence-corrected chi connectivity index (χ1v) is 6.57. The van der Waals surface area contributed by atoms with Crippen LogP contribution in [0.3, 0.4) is 0 Å². The number of allylic oxidation sites excluding steroid dienone is 2. The van der Waals surface area contributed by atoms with Crippen molar-refractivity contribution in [3.63, 3.8) is 0 Å². The van der Waals surface area contributed by atoms with Gasteiger partial charge >= 0.3 is 5.96 Å². The normalized spacial score (nSPS) is 29.2. The highest BCUT2D eigenvalue weighted by atomic mass is 15.6. The van der Waals surface area contributed by atoms with Crippen molar-refractivity contribution in [3.05, 3.63) is 23.9 Å². The number of rotatable bonds is 0. The predicted octanol–water partition coefficient (Wildman–Crippen LogP) is 0.0872. The number of nitrogens with zero attached hydrogens (tertiary/aromatic N) is 5. The fourth-order valence-corrected chi connectivity index (χ4v) is 3.23. The summed E-state index contributed by atoms with van der Waals surface area (Å²) in [6.45, 7) is 6.24. The second-order valence-corrected chi connectivity index (χ2v) is 5.30. The van der Waals surface area contributed by atoms with Gasteiger partial charge in [-0.15, -0.1) is 0 Å². The van der Waals surface area contributed by atoms with E-state index in [9.17, 15) is 0 Å². The molecule has 4 aliphatic heterocycles. The Kier molecular flexibility index (Phi) is 1.90. The fraction of sp³-hybridized carbons (Fsp3) is 0.538. The molecule has 4 rings (SSSR count). The molecule has 0 spiro atoms. The minimum Gasteiger partial charge on any atom is -0.268 e. The summed E-state index contributed by atoms with van der Waals surface area (Å²) in [5.74, 6) is 2.44. The van der Waals surface area contributed by atoms with E-state index in [0.29, 0.717) is 6.17 Å². The third-order valence-electron chi connectivity index (χ3n) is 4.04. The number of likely N-dealkylation sites (N-methyl/N-ethyl adjacent to an activating group) is 1. The Bertz CT molecular complexity index is 527. The molecule has 0 N–H and O–H groups in total. The highest BCUT2D eigenvalue weighted by molar-refractivity contribution is 6.01. The molecule has 1 atom stereocenters. The molecule has 18 heavy (non-hydrogen) atoms.